The first-order chi connectivity index (χ1) is 7.43. The van der Waals surface area contributed by atoms with Crippen LogP contribution in [-0.2, 0) is 4.79 Å². The molecule has 0 aliphatic rings. The van der Waals surface area contributed by atoms with Crippen molar-refractivity contribution in [2.24, 2.45) is 0 Å². The first kappa shape index (κ1) is 11.9. The molecule has 0 unspecified atom stereocenters. The van der Waals surface area contributed by atoms with E-state index < -0.39 is 4.92 Å². The number of rotatable bonds is 3. The van der Waals surface area contributed by atoms with Crippen LogP contribution in [0.3, 0.4) is 0 Å². The zero-order chi connectivity index (χ0) is 12.3. The van der Waals surface area contributed by atoms with Crippen molar-refractivity contribution in [3.8, 4) is 0 Å². The van der Waals surface area contributed by atoms with Crippen molar-refractivity contribution in [1.29, 1.82) is 0 Å². The Morgan fingerprint density at radius 1 is 1.25 bits per heavy atom. The number of ketones is 1. The Hall–Kier alpha value is -2.17. The maximum absolute atomic E-state index is 11.3. The second kappa shape index (κ2) is 4.57. The maximum atomic E-state index is 11.3. The Labute approximate surface area is 92.2 Å². The van der Waals surface area contributed by atoms with Crippen LogP contribution < -0.4 is 0 Å². The summed E-state index contributed by atoms with van der Waals surface area (Å²) in [5, 5.41) is 19.8. The van der Waals surface area contributed by atoms with Gasteiger partial charge in [-0.1, -0.05) is 0 Å². The lowest BCUT2D eigenvalue weighted by Gasteiger charge is -2.04. The van der Waals surface area contributed by atoms with Crippen molar-refractivity contribution < 1.29 is 14.8 Å². The Morgan fingerprint density at radius 3 is 2.06 bits per heavy atom. The molecule has 0 aromatic heterocycles. The minimum Gasteiger partial charge on any atom is -0.512 e. The SMILES string of the molecule is CC(=O)C(=C(C)O)c1ccc([N+](=O)[O-])cc1. The number of aliphatic hydroxyl groups is 1. The third-order valence-electron chi connectivity index (χ3n) is 2.08. The van der Waals surface area contributed by atoms with E-state index in [9.17, 15) is 20.0 Å². The molecule has 0 amide bonds. The van der Waals surface area contributed by atoms with Gasteiger partial charge in [-0.05, 0) is 31.5 Å². The van der Waals surface area contributed by atoms with Gasteiger partial charge in [0, 0.05) is 12.1 Å². The molecular weight excluding hydrogens is 210 g/mol. The third-order valence-corrected chi connectivity index (χ3v) is 2.08. The Bertz CT molecular complexity index is 455. The van der Waals surface area contributed by atoms with E-state index in [1.54, 1.807) is 0 Å². The molecule has 0 saturated heterocycles. The molecule has 1 N–H and O–H groups in total. The number of nitro groups is 1. The molecule has 5 nitrogen and oxygen atoms in total. The topological polar surface area (TPSA) is 80.4 Å². The first-order valence-corrected chi connectivity index (χ1v) is 4.59. The van der Waals surface area contributed by atoms with Crippen molar-refractivity contribution in [1.82, 2.24) is 0 Å². The Balaban J connectivity index is 3.20. The van der Waals surface area contributed by atoms with E-state index >= 15 is 0 Å². The van der Waals surface area contributed by atoms with Gasteiger partial charge in [0.1, 0.15) is 5.76 Å². The van der Waals surface area contributed by atoms with E-state index in [4.69, 9.17) is 0 Å². The Kier molecular flexibility index (Phi) is 3.40. The number of Topliss-reactive ketones (excluding diaryl/α,β-unsaturated/α-hetero) is 1. The minimum absolute atomic E-state index is 0.0535. The van der Waals surface area contributed by atoms with Crippen molar-refractivity contribution in [2.45, 2.75) is 13.8 Å². The summed E-state index contributed by atoms with van der Waals surface area (Å²) >= 11 is 0. The molecule has 0 saturated carbocycles. The summed E-state index contributed by atoms with van der Waals surface area (Å²) in [7, 11) is 0. The normalized spacial score (nSPS) is 11.9. The molecule has 0 aliphatic carbocycles. The van der Waals surface area contributed by atoms with Gasteiger partial charge in [0.25, 0.3) is 5.69 Å². The van der Waals surface area contributed by atoms with Crippen LogP contribution in [0.15, 0.2) is 30.0 Å². The molecule has 1 aromatic carbocycles. The van der Waals surface area contributed by atoms with Gasteiger partial charge in [-0.2, -0.15) is 0 Å². The lowest BCUT2D eigenvalue weighted by atomic mass is 10.0. The second-order valence-corrected chi connectivity index (χ2v) is 3.32. The van der Waals surface area contributed by atoms with Gasteiger partial charge in [-0.15, -0.1) is 0 Å². The number of aliphatic hydroxyl groups excluding tert-OH is 1. The molecule has 0 bridgehead atoms. The van der Waals surface area contributed by atoms with Crippen LogP contribution in [0.4, 0.5) is 5.69 Å². The Morgan fingerprint density at radius 2 is 1.75 bits per heavy atom. The molecule has 1 aromatic rings. The van der Waals surface area contributed by atoms with Crippen molar-refractivity contribution >= 4 is 17.0 Å². The van der Waals surface area contributed by atoms with Crippen molar-refractivity contribution in [3.63, 3.8) is 0 Å². The lowest BCUT2D eigenvalue weighted by molar-refractivity contribution is -0.384. The van der Waals surface area contributed by atoms with Gasteiger partial charge in [0.05, 0.1) is 10.5 Å². The molecule has 0 fully saturated rings. The van der Waals surface area contributed by atoms with Gasteiger partial charge < -0.3 is 5.11 Å². The highest BCUT2D eigenvalue weighted by atomic mass is 16.6. The van der Waals surface area contributed by atoms with E-state index in [1.807, 2.05) is 0 Å². The highest BCUT2D eigenvalue weighted by Crippen LogP contribution is 2.21. The smallest absolute Gasteiger partial charge is 0.269 e. The number of carbonyl (C=O) groups is 1. The number of non-ortho nitro benzene ring substituents is 1. The molecule has 0 heterocycles. The molecular formula is C11H11NO4. The number of benzene rings is 1. The average molecular weight is 221 g/mol. The average Bonchev–Trinajstić information content (AvgIpc) is 2.17. The molecule has 0 atom stereocenters. The summed E-state index contributed by atoms with van der Waals surface area (Å²) < 4.78 is 0. The van der Waals surface area contributed by atoms with Crippen LogP contribution in [0.25, 0.3) is 5.57 Å². The van der Waals surface area contributed by atoms with Gasteiger partial charge in [0.2, 0.25) is 0 Å². The molecule has 1 rings (SSSR count). The van der Waals surface area contributed by atoms with Gasteiger partial charge in [0.15, 0.2) is 5.78 Å². The fraction of sp³-hybridized carbons (Fsp3) is 0.182. The molecule has 0 spiro atoms. The van der Waals surface area contributed by atoms with E-state index in [1.165, 1.54) is 38.1 Å². The van der Waals surface area contributed by atoms with Crippen molar-refractivity contribution in [2.75, 3.05) is 0 Å². The molecule has 5 heteroatoms. The number of hydrogen-bond donors (Lipinski definition) is 1. The number of nitro benzene ring substituents is 1. The summed E-state index contributed by atoms with van der Waals surface area (Å²) in [5.41, 5.74) is 0.593. The first-order valence-electron chi connectivity index (χ1n) is 4.59. The fourth-order valence-electron chi connectivity index (χ4n) is 1.42. The van der Waals surface area contributed by atoms with Crippen LogP contribution in [-0.4, -0.2) is 15.8 Å². The predicted molar refractivity (Wildman–Crippen MR) is 59.0 cm³/mol. The van der Waals surface area contributed by atoms with Crippen LogP contribution in [0.5, 0.6) is 0 Å². The van der Waals surface area contributed by atoms with Crippen LogP contribution in [0.1, 0.15) is 19.4 Å². The maximum Gasteiger partial charge on any atom is 0.269 e. The number of allylic oxidation sites excluding steroid dienone is 2. The highest BCUT2D eigenvalue weighted by Gasteiger charge is 2.12. The number of hydrogen-bond acceptors (Lipinski definition) is 4. The summed E-state index contributed by atoms with van der Waals surface area (Å²) in [5.74, 6) is -0.379. The van der Waals surface area contributed by atoms with Crippen LogP contribution >= 0.6 is 0 Å². The summed E-state index contributed by atoms with van der Waals surface area (Å²) in [6.07, 6.45) is 0. The number of nitrogens with zero attached hydrogens (tertiary/aromatic N) is 1. The van der Waals surface area contributed by atoms with E-state index in [0.717, 1.165) is 0 Å². The molecule has 16 heavy (non-hydrogen) atoms. The summed E-state index contributed by atoms with van der Waals surface area (Å²) in [6, 6.07) is 5.46. The lowest BCUT2D eigenvalue weighted by Crippen LogP contribution is -1.99. The minimum atomic E-state index is -0.521. The fourth-order valence-corrected chi connectivity index (χ4v) is 1.42. The second-order valence-electron chi connectivity index (χ2n) is 3.32. The van der Waals surface area contributed by atoms with E-state index in [2.05, 4.69) is 0 Å². The summed E-state index contributed by atoms with van der Waals surface area (Å²) in [4.78, 5) is 21.2. The molecule has 0 aliphatic heterocycles. The van der Waals surface area contributed by atoms with E-state index in [-0.39, 0.29) is 22.8 Å². The largest absolute Gasteiger partial charge is 0.512 e. The zero-order valence-electron chi connectivity index (χ0n) is 8.93. The highest BCUT2D eigenvalue weighted by molar-refractivity contribution is 6.20. The molecule has 84 valence electrons. The van der Waals surface area contributed by atoms with Gasteiger partial charge in [-0.3, -0.25) is 14.9 Å². The monoisotopic (exact) mass is 221 g/mol. The van der Waals surface area contributed by atoms with E-state index in [0.29, 0.717) is 5.56 Å². The quantitative estimate of drug-likeness (QED) is 0.368. The standard InChI is InChI=1S/C11H11NO4/c1-7(13)11(8(2)14)9-3-5-10(6-4-9)12(15)16/h3-6,13H,1-2H3. The van der Waals surface area contributed by atoms with Gasteiger partial charge in [-0.25, -0.2) is 0 Å². The third kappa shape index (κ3) is 2.44. The van der Waals surface area contributed by atoms with Crippen LogP contribution in [0.2, 0.25) is 0 Å². The molecule has 0 radical (unpaired) electrons. The van der Waals surface area contributed by atoms with Crippen molar-refractivity contribution in [3.05, 3.63) is 45.7 Å². The van der Waals surface area contributed by atoms with Crippen LogP contribution in [0, 0.1) is 10.1 Å². The van der Waals surface area contributed by atoms with Gasteiger partial charge >= 0.3 is 0 Å². The zero-order valence-corrected chi connectivity index (χ0v) is 8.93. The number of carbonyl (C=O) groups excluding carboxylic acids is 1. The summed E-state index contributed by atoms with van der Waals surface area (Å²) in [6.45, 7) is 2.73. The predicted octanol–water partition coefficient (Wildman–Crippen LogP) is 2.47.